The van der Waals surface area contributed by atoms with Gasteiger partial charge < -0.3 is 9.88 Å². The van der Waals surface area contributed by atoms with Gasteiger partial charge in [0, 0.05) is 50.3 Å². The maximum absolute atomic E-state index is 12.2. The van der Waals surface area contributed by atoms with Crippen molar-refractivity contribution in [3.8, 4) is 0 Å². The number of carbonyl (C=O) groups excluding carboxylic acids is 1. The average Bonchev–Trinajstić information content (AvgIpc) is 3.19. The number of hydrogen-bond acceptors (Lipinski definition) is 3. The zero-order chi connectivity index (χ0) is 14.5. The molecule has 0 radical (unpaired) electrons. The highest BCUT2D eigenvalue weighted by atomic mass is 16.2. The third-order valence-corrected chi connectivity index (χ3v) is 4.13. The van der Waals surface area contributed by atoms with Gasteiger partial charge in [-0.25, -0.2) is 4.98 Å². The van der Waals surface area contributed by atoms with Gasteiger partial charge in [0.15, 0.2) is 0 Å². The predicted octanol–water partition coefficient (Wildman–Crippen LogP) is 1.48. The Labute approximate surface area is 124 Å². The first kappa shape index (κ1) is 13.9. The molecule has 1 aliphatic heterocycles. The number of aromatic nitrogens is 4. The number of aryl methyl sites for hydroxylation is 1. The van der Waals surface area contributed by atoms with Gasteiger partial charge in [-0.3, -0.25) is 9.48 Å². The fourth-order valence-corrected chi connectivity index (χ4v) is 2.86. The van der Waals surface area contributed by atoms with Crippen LogP contribution in [0.4, 0.5) is 0 Å². The van der Waals surface area contributed by atoms with E-state index in [1.165, 1.54) is 0 Å². The van der Waals surface area contributed by atoms with Gasteiger partial charge in [0.25, 0.3) is 0 Å². The lowest BCUT2D eigenvalue weighted by molar-refractivity contribution is -0.132. The van der Waals surface area contributed by atoms with Crippen molar-refractivity contribution in [2.24, 2.45) is 5.92 Å². The van der Waals surface area contributed by atoms with Gasteiger partial charge in [-0.15, -0.1) is 0 Å². The van der Waals surface area contributed by atoms with Crippen LogP contribution in [0.2, 0.25) is 0 Å². The number of hydrogen-bond donors (Lipinski definition) is 1. The molecule has 0 spiro atoms. The Morgan fingerprint density at radius 2 is 2.24 bits per heavy atom. The van der Waals surface area contributed by atoms with Crippen LogP contribution < -0.4 is 0 Å². The molecule has 0 unspecified atom stereocenters. The minimum Gasteiger partial charge on any atom is -0.348 e. The number of amides is 1. The number of H-pyrrole nitrogens is 1. The number of piperidine rings is 1. The van der Waals surface area contributed by atoms with Crippen LogP contribution in [-0.4, -0.2) is 43.6 Å². The Morgan fingerprint density at radius 1 is 1.38 bits per heavy atom. The third kappa shape index (κ3) is 3.71. The van der Waals surface area contributed by atoms with Crippen LogP contribution in [0, 0.1) is 5.92 Å². The number of carbonyl (C=O) groups is 1. The second-order valence-electron chi connectivity index (χ2n) is 5.63. The summed E-state index contributed by atoms with van der Waals surface area (Å²) in [5.74, 6) is 0.878. The van der Waals surface area contributed by atoms with Gasteiger partial charge in [0.05, 0.1) is 6.33 Å². The molecule has 1 amide bonds. The summed E-state index contributed by atoms with van der Waals surface area (Å²) in [6, 6.07) is 1.95. The van der Waals surface area contributed by atoms with Crippen molar-refractivity contribution in [1.29, 1.82) is 0 Å². The van der Waals surface area contributed by atoms with Crippen LogP contribution in [-0.2, 0) is 17.8 Å². The second-order valence-corrected chi connectivity index (χ2v) is 5.63. The average molecular weight is 287 g/mol. The molecular weight excluding hydrogens is 266 g/mol. The highest BCUT2D eigenvalue weighted by Crippen LogP contribution is 2.19. The van der Waals surface area contributed by atoms with Crippen LogP contribution in [0.25, 0.3) is 0 Å². The van der Waals surface area contributed by atoms with E-state index < -0.39 is 0 Å². The second kappa shape index (κ2) is 6.56. The maximum Gasteiger partial charge on any atom is 0.222 e. The molecule has 1 fully saturated rings. The van der Waals surface area contributed by atoms with Crippen LogP contribution in [0.1, 0.15) is 25.0 Å². The fraction of sp³-hybridized carbons (Fsp3) is 0.533. The molecule has 0 aliphatic carbocycles. The summed E-state index contributed by atoms with van der Waals surface area (Å²) in [6.45, 7) is 2.70. The van der Waals surface area contributed by atoms with Crippen LogP contribution in [0.3, 0.4) is 0 Å². The highest BCUT2D eigenvalue weighted by molar-refractivity contribution is 5.76. The first-order chi connectivity index (χ1) is 10.3. The van der Waals surface area contributed by atoms with E-state index >= 15 is 0 Å². The predicted molar refractivity (Wildman–Crippen MR) is 78.4 cm³/mol. The van der Waals surface area contributed by atoms with E-state index in [1.807, 2.05) is 28.0 Å². The van der Waals surface area contributed by atoms with Crippen molar-refractivity contribution < 1.29 is 4.79 Å². The van der Waals surface area contributed by atoms with Crippen molar-refractivity contribution in [1.82, 2.24) is 24.6 Å². The number of nitrogens with one attached hydrogen (secondary N) is 1. The maximum atomic E-state index is 12.2. The Bertz CT molecular complexity index is 541. The molecule has 0 aromatic carbocycles. The molecule has 3 heterocycles. The first-order valence-corrected chi connectivity index (χ1v) is 7.54. The summed E-state index contributed by atoms with van der Waals surface area (Å²) in [7, 11) is 0. The first-order valence-electron chi connectivity index (χ1n) is 7.54. The molecule has 0 atom stereocenters. The molecule has 1 N–H and O–H groups in total. The zero-order valence-corrected chi connectivity index (χ0v) is 12.1. The topological polar surface area (TPSA) is 66.8 Å². The molecular formula is C15H21N5O. The molecule has 0 saturated carbocycles. The van der Waals surface area contributed by atoms with Crippen molar-refractivity contribution in [3.63, 3.8) is 0 Å². The lowest BCUT2D eigenvalue weighted by Gasteiger charge is -2.32. The number of likely N-dealkylation sites (tertiary alicyclic amines) is 1. The van der Waals surface area contributed by atoms with E-state index in [-0.39, 0.29) is 5.91 Å². The minimum atomic E-state index is 0.252. The van der Waals surface area contributed by atoms with Gasteiger partial charge in [-0.05, 0) is 31.2 Å². The Hall–Kier alpha value is -2.11. The summed E-state index contributed by atoms with van der Waals surface area (Å²) >= 11 is 0. The van der Waals surface area contributed by atoms with Crippen LogP contribution >= 0.6 is 0 Å². The van der Waals surface area contributed by atoms with E-state index in [9.17, 15) is 4.79 Å². The van der Waals surface area contributed by atoms with Gasteiger partial charge in [0.2, 0.25) is 5.91 Å². The Kier molecular flexibility index (Phi) is 4.33. The normalized spacial score (nSPS) is 16.3. The Balaban J connectivity index is 1.41. The quantitative estimate of drug-likeness (QED) is 0.905. The molecule has 3 rings (SSSR count). The molecule has 1 saturated heterocycles. The molecule has 2 aromatic rings. The summed E-state index contributed by atoms with van der Waals surface area (Å²) in [5, 5.41) is 4.25. The van der Waals surface area contributed by atoms with E-state index in [4.69, 9.17) is 0 Å². The van der Waals surface area contributed by atoms with Crippen molar-refractivity contribution >= 4 is 5.91 Å². The van der Waals surface area contributed by atoms with Crippen molar-refractivity contribution in [2.45, 2.75) is 32.2 Å². The molecule has 2 aromatic heterocycles. The zero-order valence-electron chi connectivity index (χ0n) is 12.1. The van der Waals surface area contributed by atoms with E-state index in [0.29, 0.717) is 12.3 Å². The summed E-state index contributed by atoms with van der Waals surface area (Å²) < 4.78 is 1.99. The third-order valence-electron chi connectivity index (χ3n) is 4.13. The van der Waals surface area contributed by atoms with Crippen LogP contribution in [0.15, 0.2) is 31.0 Å². The van der Waals surface area contributed by atoms with Crippen molar-refractivity contribution in [3.05, 3.63) is 36.7 Å². The van der Waals surface area contributed by atoms with Gasteiger partial charge in [-0.2, -0.15) is 5.10 Å². The molecule has 1 aliphatic rings. The number of rotatable bonds is 5. The summed E-state index contributed by atoms with van der Waals surface area (Å²) in [5.41, 5.74) is 1.02. The van der Waals surface area contributed by atoms with Crippen molar-refractivity contribution in [2.75, 3.05) is 13.1 Å². The number of nitrogens with zero attached hydrogens (tertiary/aromatic N) is 4. The van der Waals surface area contributed by atoms with E-state index in [2.05, 4.69) is 15.1 Å². The largest absolute Gasteiger partial charge is 0.348 e. The number of imidazole rings is 1. The van der Waals surface area contributed by atoms with Gasteiger partial charge in [0.1, 0.15) is 0 Å². The lowest BCUT2D eigenvalue weighted by atomic mass is 9.96. The number of aromatic amines is 1. The van der Waals surface area contributed by atoms with Crippen LogP contribution in [0.5, 0.6) is 0 Å². The van der Waals surface area contributed by atoms with E-state index in [0.717, 1.165) is 44.6 Å². The standard InChI is InChI=1S/C15H21N5O/c21-15(3-2-14-10-16-12-17-14)19-8-4-13(5-9-19)11-20-7-1-6-18-20/h1,6-7,10,12-13H,2-5,8-9,11H2,(H,16,17). The smallest absolute Gasteiger partial charge is 0.222 e. The fourth-order valence-electron chi connectivity index (χ4n) is 2.86. The minimum absolute atomic E-state index is 0.252. The molecule has 6 nitrogen and oxygen atoms in total. The highest BCUT2D eigenvalue weighted by Gasteiger charge is 2.22. The summed E-state index contributed by atoms with van der Waals surface area (Å²) in [4.78, 5) is 21.2. The monoisotopic (exact) mass is 287 g/mol. The summed E-state index contributed by atoms with van der Waals surface area (Å²) in [6.07, 6.45) is 10.7. The molecule has 21 heavy (non-hydrogen) atoms. The Morgan fingerprint density at radius 3 is 2.90 bits per heavy atom. The van der Waals surface area contributed by atoms with E-state index in [1.54, 1.807) is 12.5 Å². The molecule has 112 valence electrons. The molecule has 0 bridgehead atoms. The SMILES string of the molecule is O=C(CCc1cnc[nH]1)N1CCC(Cn2cccn2)CC1. The lowest BCUT2D eigenvalue weighted by Crippen LogP contribution is -2.39. The van der Waals surface area contributed by atoms with Gasteiger partial charge in [-0.1, -0.05) is 0 Å². The molecule has 6 heteroatoms. The van der Waals surface area contributed by atoms with Gasteiger partial charge >= 0.3 is 0 Å².